The summed E-state index contributed by atoms with van der Waals surface area (Å²) >= 11 is 1.31. The molecule has 0 bridgehead atoms. The molecule has 0 unspecified atom stereocenters. The van der Waals surface area contributed by atoms with Gasteiger partial charge in [-0.05, 0) is 18.6 Å². The SMILES string of the molecule is CCc1nnc(NC(=O)c2ccccc2N=C=O)s1. The maximum absolute atomic E-state index is 12.0. The molecular weight excluding hydrogens is 264 g/mol. The van der Waals surface area contributed by atoms with Crippen molar-refractivity contribution in [1.29, 1.82) is 0 Å². The summed E-state index contributed by atoms with van der Waals surface area (Å²) in [5.41, 5.74) is 0.564. The van der Waals surface area contributed by atoms with Crippen LogP contribution < -0.4 is 5.32 Å². The van der Waals surface area contributed by atoms with Crippen molar-refractivity contribution in [2.75, 3.05) is 5.32 Å². The summed E-state index contributed by atoms with van der Waals surface area (Å²) in [6.45, 7) is 1.96. The minimum Gasteiger partial charge on any atom is -0.296 e. The Kier molecular flexibility index (Phi) is 4.12. The van der Waals surface area contributed by atoms with Crippen LogP contribution in [0.25, 0.3) is 0 Å². The molecule has 0 fully saturated rings. The topological polar surface area (TPSA) is 84.3 Å². The summed E-state index contributed by atoms with van der Waals surface area (Å²) in [5, 5.41) is 11.7. The highest BCUT2D eigenvalue weighted by molar-refractivity contribution is 7.15. The summed E-state index contributed by atoms with van der Waals surface area (Å²) in [7, 11) is 0. The van der Waals surface area contributed by atoms with Crippen molar-refractivity contribution in [3.8, 4) is 0 Å². The van der Waals surface area contributed by atoms with E-state index in [4.69, 9.17) is 0 Å². The largest absolute Gasteiger partial charge is 0.296 e. The van der Waals surface area contributed by atoms with Gasteiger partial charge in [-0.1, -0.05) is 30.4 Å². The highest BCUT2D eigenvalue weighted by atomic mass is 32.1. The van der Waals surface area contributed by atoms with E-state index in [1.54, 1.807) is 24.3 Å². The van der Waals surface area contributed by atoms with E-state index >= 15 is 0 Å². The monoisotopic (exact) mass is 274 g/mol. The van der Waals surface area contributed by atoms with Crippen molar-refractivity contribution in [3.05, 3.63) is 34.8 Å². The van der Waals surface area contributed by atoms with Gasteiger partial charge in [0.05, 0.1) is 11.3 Å². The fourth-order valence-corrected chi connectivity index (χ4v) is 2.10. The zero-order valence-electron chi connectivity index (χ0n) is 10.1. The summed E-state index contributed by atoms with van der Waals surface area (Å²) in [5.74, 6) is -0.381. The first-order valence-corrected chi connectivity index (χ1v) is 6.37. The Morgan fingerprint density at radius 3 is 2.89 bits per heavy atom. The highest BCUT2D eigenvalue weighted by Crippen LogP contribution is 2.21. The van der Waals surface area contributed by atoms with Crippen molar-refractivity contribution in [1.82, 2.24) is 10.2 Å². The fourth-order valence-electron chi connectivity index (χ4n) is 1.42. The molecule has 2 aromatic rings. The van der Waals surface area contributed by atoms with Crippen LogP contribution >= 0.6 is 11.3 Å². The first-order chi connectivity index (χ1) is 9.24. The van der Waals surface area contributed by atoms with Gasteiger partial charge in [0.1, 0.15) is 5.01 Å². The number of isocyanates is 1. The van der Waals surface area contributed by atoms with Gasteiger partial charge in [0.2, 0.25) is 11.2 Å². The van der Waals surface area contributed by atoms with Crippen molar-refractivity contribution in [3.63, 3.8) is 0 Å². The summed E-state index contributed by atoms with van der Waals surface area (Å²) < 4.78 is 0. The molecule has 19 heavy (non-hydrogen) atoms. The van der Waals surface area contributed by atoms with Crippen LogP contribution in [0.5, 0.6) is 0 Å². The molecule has 6 nitrogen and oxygen atoms in total. The van der Waals surface area contributed by atoms with Gasteiger partial charge in [0.15, 0.2) is 0 Å². The molecule has 0 radical (unpaired) electrons. The van der Waals surface area contributed by atoms with Gasteiger partial charge < -0.3 is 0 Å². The standard InChI is InChI=1S/C12H10N4O2S/c1-2-10-15-16-12(19-10)14-11(18)8-5-3-4-6-9(8)13-7-17/h3-6H,2H2,1H3,(H,14,16,18). The predicted octanol–water partition coefficient (Wildman–Crippen LogP) is 2.32. The zero-order chi connectivity index (χ0) is 13.7. The van der Waals surface area contributed by atoms with Crippen LogP contribution in [-0.2, 0) is 11.2 Å². The van der Waals surface area contributed by atoms with Crippen LogP contribution in [0.2, 0.25) is 0 Å². The summed E-state index contributed by atoms with van der Waals surface area (Å²) in [6, 6.07) is 6.52. The van der Waals surface area contributed by atoms with Gasteiger partial charge in [-0.25, -0.2) is 4.79 Å². The molecule has 1 amide bonds. The second-order valence-corrected chi connectivity index (χ2v) is 4.59. The van der Waals surface area contributed by atoms with Crippen LogP contribution in [0.1, 0.15) is 22.3 Å². The Bertz CT molecular complexity index is 647. The Hall–Kier alpha value is -2.37. The van der Waals surface area contributed by atoms with Crippen LogP contribution in [0.15, 0.2) is 29.3 Å². The molecule has 0 aliphatic carbocycles. The molecule has 1 heterocycles. The van der Waals surface area contributed by atoms with Crippen LogP contribution in [0, 0.1) is 0 Å². The molecule has 0 aliphatic rings. The van der Waals surface area contributed by atoms with Crippen molar-refractivity contribution < 1.29 is 9.59 Å². The number of aliphatic imine (C=N–C) groups is 1. The van der Waals surface area contributed by atoms with Gasteiger partial charge in [-0.3, -0.25) is 10.1 Å². The third-order valence-corrected chi connectivity index (χ3v) is 3.29. The van der Waals surface area contributed by atoms with Crippen LogP contribution in [0.4, 0.5) is 10.8 Å². The van der Waals surface area contributed by atoms with Gasteiger partial charge in [-0.15, -0.1) is 10.2 Å². The number of amides is 1. The molecule has 96 valence electrons. The number of carbonyl (C=O) groups excluding carboxylic acids is 2. The second-order valence-electron chi connectivity index (χ2n) is 3.53. The molecule has 1 aromatic carbocycles. The number of nitrogens with one attached hydrogen (secondary N) is 1. The maximum atomic E-state index is 12.0. The first kappa shape index (κ1) is 13.1. The molecule has 0 atom stereocenters. The van der Waals surface area contributed by atoms with Gasteiger partial charge in [0.25, 0.3) is 5.91 Å². The average Bonchev–Trinajstić information content (AvgIpc) is 2.87. The number of anilines is 1. The Labute approximate surface area is 113 Å². The van der Waals surface area contributed by atoms with Crippen molar-refractivity contribution >= 4 is 34.1 Å². The molecule has 0 aliphatic heterocycles. The fraction of sp³-hybridized carbons (Fsp3) is 0.167. The quantitative estimate of drug-likeness (QED) is 0.685. The third kappa shape index (κ3) is 3.09. The molecule has 0 saturated heterocycles. The van der Waals surface area contributed by atoms with Gasteiger partial charge >= 0.3 is 0 Å². The number of para-hydroxylation sites is 1. The lowest BCUT2D eigenvalue weighted by atomic mass is 10.1. The van der Waals surface area contributed by atoms with E-state index < -0.39 is 0 Å². The number of aromatic nitrogens is 2. The number of hydrogen-bond acceptors (Lipinski definition) is 6. The van der Waals surface area contributed by atoms with Crippen LogP contribution in [-0.4, -0.2) is 22.2 Å². The molecule has 0 spiro atoms. The number of nitrogens with zero attached hydrogens (tertiary/aromatic N) is 3. The number of hydrogen-bond donors (Lipinski definition) is 1. The lowest BCUT2D eigenvalue weighted by molar-refractivity contribution is 0.102. The normalized spacial score (nSPS) is 9.74. The minimum absolute atomic E-state index is 0.273. The molecular formula is C12H10N4O2S. The van der Waals surface area contributed by atoms with E-state index in [2.05, 4.69) is 20.5 Å². The van der Waals surface area contributed by atoms with E-state index in [0.717, 1.165) is 11.4 Å². The van der Waals surface area contributed by atoms with Crippen molar-refractivity contribution in [2.24, 2.45) is 4.99 Å². The number of carbonyl (C=O) groups is 1. The second kappa shape index (κ2) is 5.99. The van der Waals surface area contributed by atoms with Crippen molar-refractivity contribution in [2.45, 2.75) is 13.3 Å². The predicted molar refractivity (Wildman–Crippen MR) is 71.5 cm³/mol. The third-order valence-electron chi connectivity index (χ3n) is 2.30. The lowest BCUT2D eigenvalue weighted by Crippen LogP contribution is -2.11. The van der Waals surface area contributed by atoms with E-state index in [1.807, 2.05) is 6.92 Å². The summed E-state index contributed by atoms with van der Waals surface area (Å²) in [6.07, 6.45) is 2.19. The average molecular weight is 274 g/mol. The Morgan fingerprint density at radius 2 is 2.21 bits per heavy atom. The van der Waals surface area contributed by atoms with E-state index in [9.17, 15) is 9.59 Å². The maximum Gasteiger partial charge on any atom is 0.259 e. The van der Waals surface area contributed by atoms with E-state index in [-0.39, 0.29) is 11.6 Å². The van der Waals surface area contributed by atoms with Gasteiger partial charge in [-0.2, -0.15) is 4.99 Å². The number of rotatable bonds is 4. The highest BCUT2D eigenvalue weighted by Gasteiger charge is 2.13. The molecule has 1 N–H and O–H groups in total. The minimum atomic E-state index is -0.381. The Morgan fingerprint density at radius 1 is 1.42 bits per heavy atom. The van der Waals surface area contributed by atoms with E-state index in [1.165, 1.54) is 17.4 Å². The number of aryl methyl sites for hydroxylation is 1. The summed E-state index contributed by atoms with van der Waals surface area (Å²) in [4.78, 5) is 25.8. The molecule has 1 aromatic heterocycles. The lowest BCUT2D eigenvalue weighted by Gasteiger charge is -2.03. The molecule has 7 heteroatoms. The number of benzene rings is 1. The molecule has 2 rings (SSSR count). The van der Waals surface area contributed by atoms with E-state index in [0.29, 0.717) is 10.7 Å². The molecule has 0 saturated carbocycles. The smallest absolute Gasteiger partial charge is 0.259 e. The van der Waals surface area contributed by atoms with Crippen LogP contribution in [0.3, 0.4) is 0 Å². The first-order valence-electron chi connectivity index (χ1n) is 5.55. The Balaban J connectivity index is 2.22. The zero-order valence-corrected chi connectivity index (χ0v) is 10.9. The van der Waals surface area contributed by atoms with Gasteiger partial charge in [0, 0.05) is 0 Å².